The number of carbonyl (C=O) groups is 1. The van der Waals surface area contributed by atoms with Crippen LogP contribution in [0.25, 0.3) is 0 Å². The summed E-state index contributed by atoms with van der Waals surface area (Å²) in [5.41, 5.74) is 0. The summed E-state index contributed by atoms with van der Waals surface area (Å²) in [5, 5.41) is 0. The van der Waals surface area contributed by atoms with Gasteiger partial charge in [0.1, 0.15) is 11.5 Å². The molecule has 0 aliphatic carbocycles. The van der Waals surface area contributed by atoms with Crippen molar-refractivity contribution < 1.29 is 13.9 Å². The summed E-state index contributed by atoms with van der Waals surface area (Å²) in [4.78, 5) is 14.8. The number of carbonyl (C=O) groups excluding carboxylic acids is 1. The average Bonchev–Trinajstić information content (AvgIpc) is 2.52. The maximum absolute atomic E-state index is 10.8. The molecule has 1 rings (SSSR count). The SMILES string of the molecule is COCCCc1ncc(CC(C)=O)o1. The van der Waals surface area contributed by atoms with Gasteiger partial charge in [-0.3, -0.25) is 4.79 Å². The summed E-state index contributed by atoms with van der Waals surface area (Å²) in [6.07, 6.45) is 3.59. The predicted octanol–water partition coefficient (Wildman–Crippen LogP) is 1.39. The second-order valence-electron chi connectivity index (χ2n) is 3.20. The largest absolute Gasteiger partial charge is 0.445 e. The second kappa shape index (κ2) is 5.54. The molecular weight excluding hydrogens is 182 g/mol. The zero-order valence-corrected chi connectivity index (χ0v) is 8.58. The van der Waals surface area contributed by atoms with Crippen molar-refractivity contribution in [1.82, 2.24) is 4.98 Å². The van der Waals surface area contributed by atoms with Gasteiger partial charge in [0.15, 0.2) is 5.89 Å². The highest BCUT2D eigenvalue weighted by atomic mass is 16.5. The summed E-state index contributed by atoms with van der Waals surface area (Å²) < 4.78 is 10.3. The van der Waals surface area contributed by atoms with Crippen molar-refractivity contribution in [3.8, 4) is 0 Å². The van der Waals surface area contributed by atoms with E-state index in [-0.39, 0.29) is 5.78 Å². The van der Waals surface area contributed by atoms with Crippen molar-refractivity contribution >= 4 is 5.78 Å². The number of nitrogens with zero attached hydrogens (tertiary/aromatic N) is 1. The standard InChI is InChI=1S/C10H15NO3/c1-8(12)6-9-7-11-10(14-9)4-3-5-13-2/h7H,3-6H2,1-2H3. The molecule has 0 aliphatic rings. The van der Waals surface area contributed by atoms with Crippen LogP contribution in [0.1, 0.15) is 25.0 Å². The molecule has 0 atom stereocenters. The molecule has 0 fully saturated rings. The van der Waals surface area contributed by atoms with Crippen LogP contribution >= 0.6 is 0 Å². The Labute approximate surface area is 83.3 Å². The predicted molar refractivity (Wildman–Crippen MR) is 51.1 cm³/mol. The molecule has 4 nitrogen and oxygen atoms in total. The number of hydrogen-bond acceptors (Lipinski definition) is 4. The van der Waals surface area contributed by atoms with Crippen molar-refractivity contribution in [3.05, 3.63) is 17.8 Å². The lowest BCUT2D eigenvalue weighted by Gasteiger charge is -1.95. The number of aromatic nitrogens is 1. The molecule has 0 N–H and O–H groups in total. The zero-order valence-electron chi connectivity index (χ0n) is 8.58. The Balaban J connectivity index is 2.38. The van der Waals surface area contributed by atoms with Gasteiger partial charge in [0.25, 0.3) is 0 Å². The van der Waals surface area contributed by atoms with E-state index in [1.165, 1.54) is 6.92 Å². The van der Waals surface area contributed by atoms with Crippen LogP contribution in [0.3, 0.4) is 0 Å². The van der Waals surface area contributed by atoms with E-state index in [0.717, 1.165) is 12.8 Å². The van der Waals surface area contributed by atoms with E-state index < -0.39 is 0 Å². The summed E-state index contributed by atoms with van der Waals surface area (Å²) in [5.74, 6) is 1.41. The third kappa shape index (κ3) is 3.70. The van der Waals surface area contributed by atoms with E-state index >= 15 is 0 Å². The number of hydrogen-bond donors (Lipinski definition) is 0. The van der Waals surface area contributed by atoms with Gasteiger partial charge in [-0.05, 0) is 13.3 Å². The fourth-order valence-corrected chi connectivity index (χ4v) is 1.16. The first kappa shape index (κ1) is 10.9. The van der Waals surface area contributed by atoms with Crippen LogP contribution in [0.15, 0.2) is 10.6 Å². The molecule has 0 amide bonds. The lowest BCUT2D eigenvalue weighted by atomic mass is 10.3. The van der Waals surface area contributed by atoms with Gasteiger partial charge >= 0.3 is 0 Å². The van der Waals surface area contributed by atoms with Crippen molar-refractivity contribution in [2.45, 2.75) is 26.2 Å². The second-order valence-corrected chi connectivity index (χ2v) is 3.20. The number of Topliss-reactive ketones (excluding diaryl/α,β-unsaturated/α-hetero) is 1. The first-order valence-corrected chi connectivity index (χ1v) is 4.64. The summed E-state index contributed by atoms with van der Waals surface area (Å²) in [6, 6.07) is 0. The Kier molecular flexibility index (Phi) is 4.32. The van der Waals surface area contributed by atoms with E-state index in [2.05, 4.69) is 4.98 Å². The first-order chi connectivity index (χ1) is 6.72. The minimum Gasteiger partial charge on any atom is -0.445 e. The molecule has 0 bridgehead atoms. The maximum atomic E-state index is 10.8. The van der Waals surface area contributed by atoms with E-state index in [1.807, 2.05) is 0 Å². The molecule has 0 unspecified atom stereocenters. The highest BCUT2D eigenvalue weighted by Gasteiger charge is 2.05. The molecule has 0 saturated carbocycles. The Morgan fingerprint density at radius 2 is 2.43 bits per heavy atom. The summed E-state index contributed by atoms with van der Waals surface area (Å²) in [6.45, 7) is 2.23. The van der Waals surface area contributed by atoms with E-state index in [4.69, 9.17) is 9.15 Å². The minimum atomic E-state index is 0.0876. The smallest absolute Gasteiger partial charge is 0.194 e. The van der Waals surface area contributed by atoms with Gasteiger partial charge in [-0.15, -0.1) is 0 Å². The highest BCUT2D eigenvalue weighted by molar-refractivity contribution is 5.77. The normalized spacial score (nSPS) is 10.4. The molecule has 1 aromatic rings. The first-order valence-electron chi connectivity index (χ1n) is 4.64. The van der Waals surface area contributed by atoms with Crippen LogP contribution in [0.2, 0.25) is 0 Å². The summed E-state index contributed by atoms with van der Waals surface area (Å²) in [7, 11) is 1.66. The third-order valence-corrected chi connectivity index (χ3v) is 1.76. The fourth-order valence-electron chi connectivity index (χ4n) is 1.16. The third-order valence-electron chi connectivity index (χ3n) is 1.76. The van der Waals surface area contributed by atoms with Crippen molar-refractivity contribution in [2.24, 2.45) is 0 Å². The van der Waals surface area contributed by atoms with Gasteiger partial charge in [-0.1, -0.05) is 0 Å². The van der Waals surface area contributed by atoms with Crippen LogP contribution in [0.4, 0.5) is 0 Å². The Bertz CT molecular complexity index is 293. The van der Waals surface area contributed by atoms with Crippen molar-refractivity contribution in [3.63, 3.8) is 0 Å². The minimum absolute atomic E-state index is 0.0876. The zero-order chi connectivity index (χ0) is 10.4. The van der Waals surface area contributed by atoms with Crippen LogP contribution in [-0.4, -0.2) is 24.5 Å². The Morgan fingerprint density at radius 3 is 3.07 bits per heavy atom. The van der Waals surface area contributed by atoms with E-state index in [9.17, 15) is 4.79 Å². The average molecular weight is 197 g/mol. The van der Waals surface area contributed by atoms with Crippen LogP contribution < -0.4 is 0 Å². The van der Waals surface area contributed by atoms with Crippen LogP contribution in [-0.2, 0) is 22.4 Å². The van der Waals surface area contributed by atoms with Gasteiger partial charge in [-0.25, -0.2) is 4.98 Å². The Morgan fingerprint density at radius 1 is 1.64 bits per heavy atom. The molecule has 14 heavy (non-hydrogen) atoms. The maximum Gasteiger partial charge on any atom is 0.194 e. The monoisotopic (exact) mass is 197 g/mol. The topological polar surface area (TPSA) is 52.3 Å². The van der Waals surface area contributed by atoms with Crippen LogP contribution in [0, 0.1) is 0 Å². The molecule has 0 aliphatic heterocycles. The number of ether oxygens (including phenoxy) is 1. The molecule has 4 heteroatoms. The van der Waals surface area contributed by atoms with Crippen molar-refractivity contribution in [1.29, 1.82) is 0 Å². The Hall–Kier alpha value is -1.16. The fraction of sp³-hybridized carbons (Fsp3) is 0.600. The van der Waals surface area contributed by atoms with E-state index in [1.54, 1.807) is 13.3 Å². The molecule has 78 valence electrons. The lowest BCUT2D eigenvalue weighted by molar-refractivity contribution is -0.116. The molecule has 0 radical (unpaired) electrons. The molecule has 1 aromatic heterocycles. The molecule has 1 heterocycles. The molecular formula is C10H15NO3. The van der Waals surface area contributed by atoms with Crippen molar-refractivity contribution in [2.75, 3.05) is 13.7 Å². The number of ketones is 1. The van der Waals surface area contributed by atoms with Gasteiger partial charge in [0.05, 0.1) is 12.6 Å². The highest BCUT2D eigenvalue weighted by Crippen LogP contribution is 2.06. The number of rotatable bonds is 6. The van der Waals surface area contributed by atoms with Gasteiger partial charge < -0.3 is 9.15 Å². The lowest BCUT2D eigenvalue weighted by Crippen LogP contribution is -1.94. The van der Waals surface area contributed by atoms with Gasteiger partial charge in [0, 0.05) is 20.1 Å². The number of methoxy groups -OCH3 is 1. The quantitative estimate of drug-likeness (QED) is 0.646. The molecule has 0 spiro atoms. The van der Waals surface area contributed by atoms with Crippen LogP contribution in [0.5, 0.6) is 0 Å². The summed E-state index contributed by atoms with van der Waals surface area (Å²) >= 11 is 0. The van der Waals surface area contributed by atoms with Gasteiger partial charge in [0.2, 0.25) is 0 Å². The van der Waals surface area contributed by atoms with Gasteiger partial charge in [-0.2, -0.15) is 0 Å². The number of aryl methyl sites for hydroxylation is 1. The van der Waals surface area contributed by atoms with E-state index in [0.29, 0.717) is 24.7 Å². The molecule has 0 aromatic carbocycles. The molecule has 0 saturated heterocycles. The number of oxazole rings is 1.